The Morgan fingerprint density at radius 2 is 1.67 bits per heavy atom. The fraction of sp³-hybridized carbons (Fsp3) is 0.190. The van der Waals surface area contributed by atoms with E-state index in [1.807, 2.05) is 36.7 Å². The largest absolute Gasteiger partial charge is 0.420 e. The minimum absolute atomic E-state index is 0.545. The third kappa shape index (κ3) is 3.95. The zero-order valence-electron chi connectivity index (χ0n) is 15.5. The molecule has 0 saturated carbocycles. The Hall–Kier alpha value is -2.86. The molecular formula is C21H20N4OS. The van der Waals surface area contributed by atoms with E-state index >= 15 is 0 Å². The molecule has 0 aliphatic heterocycles. The first-order valence-corrected chi connectivity index (χ1v) is 9.71. The van der Waals surface area contributed by atoms with E-state index in [9.17, 15) is 0 Å². The molecule has 2 aromatic heterocycles. The molecular weight excluding hydrogens is 356 g/mol. The second-order valence-corrected chi connectivity index (χ2v) is 7.52. The molecule has 0 spiro atoms. The summed E-state index contributed by atoms with van der Waals surface area (Å²) < 4.78 is 7.90. The molecule has 0 atom stereocenters. The number of hydrogen-bond acceptors (Lipinski definition) is 5. The van der Waals surface area contributed by atoms with Crippen LogP contribution in [0.5, 0.6) is 0 Å². The maximum Gasteiger partial charge on any atom is 0.247 e. The number of hydrogen-bond donors (Lipinski definition) is 0. The van der Waals surface area contributed by atoms with Gasteiger partial charge in [-0.1, -0.05) is 35.5 Å². The molecule has 4 aromatic rings. The quantitative estimate of drug-likeness (QED) is 0.451. The van der Waals surface area contributed by atoms with Gasteiger partial charge in [-0.15, -0.1) is 10.2 Å². The van der Waals surface area contributed by atoms with Crippen molar-refractivity contribution >= 4 is 11.8 Å². The molecule has 2 aromatic carbocycles. The van der Waals surface area contributed by atoms with Crippen molar-refractivity contribution in [3.63, 3.8) is 0 Å². The van der Waals surface area contributed by atoms with E-state index in [4.69, 9.17) is 4.42 Å². The first-order chi connectivity index (χ1) is 13.1. The highest BCUT2D eigenvalue weighted by atomic mass is 32.2. The lowest BCUT2D eigenvalue weighted by Gasteiger charge is -2.09. The Morgan fingerprint density at radius 1 is 0.926 bits per heavy atom. The Balaban J connectivity index is 1.50. The Kier molecular flexibility index (Phi) is 4.81. The van der Waals surface area contributed by atoms with Crippen LogP contribution in [0.25, 0.3) is 17.1 Å². The van der Waals surface area contributed by atoms with Gasteiger partial charge in [0, 0.05) is 23.6 Å². The molecule has 0 aliphatic rings. The summed E-state index contributed by atoms with van der Waals surface area (Å²) in [6.45, 7) is 6.26. The molecule has 0 aliphatic carbocycles. The summed E-state index contributed by atoms with van der Waals surface area (Å²) in [7, 11) is 0. The van der Waals surface area contributed by atoms with Crippen molar-refractivity contribution in [2.45, 2.75) is 31.7 Å². The molecule has 6 heteroatoms. The van der Waals surface area contributed by atoms with Crippen molar-refractivity contribution < 1.29 is 4.42 Å². The van der Waals surface area contributed by atoms with Crippen LogP contribution in [-0.4, -0.2) is 19.7 Å². The number of imidazole rings is 1. The first kappa shape index (κ1) is 17.5. The standard InChI is InChI=1S/C21H20N4OS/c1-14-4-6-17(7-5-14)20-24-23-19(26-20)13-27-21-22-8-9-25(21)18-11-15(2)10-16(3)12-18/h4-12H,13H2,1-3H3. The van der Waals surface area contributed by atoms with Crippen LogP contribution in [0, 0.1) is 20.8 Å². The van der Waals surface area contributed by atoms with Gasteiger partial charge in [0.05, 0.1) is 5.75 Å². The van der Waals surface area contributed by atoms with Gasteiger partial charge in [0.25, 0.3) is 0 Å². The lowest BCUT2D eigenvalue weighted by Crippen LogP contribution is -1.97. The van der Waals surface area contributed by atoms with Gasteiger partial charge in [0.15, 0.2) is 5.16 Å². The van der Waals surface area contributed by atoms with Gasteiger partial charge in [-0.2, -0.15) is 0 Å². The summed E-state index contributed by atoms with van der Waals surface area (Å²) in [6, 6.07) is 14.5. The van der Waals surface area contributed by atoms with Gasteiger partial charge in [-0.25, -0.2) is 4.98 Å². The van der Waals surface area contributed by atoms with Gasteiger partial charge in [-0.3, -0.25) is 4.57 Å². The predicted octanol–water partition coefficient (Wildman–Crippen LogP) is 5.14. The summed E-state index contributed by atoms with van der Waals surface area (Å²) >= 11 is 1.58. The Morgan fingerprint density at radius 3 is 2.41 bits per heavy atom. The van der Waals surface area contributed by atoms with Crippen molar-refractivity contribution in [3.05, 3.63) is 77.4 Å². The number of aromatic nitrogens is 4. The molecule has 0 radical (unpaired) electrons. The van der Waals surface area contributed by atoms with Crippen LogP contribution < -0.4 is 0 Å². The Labute approximate surface area is 162 Å². The molecule has 0 bridgehead atoms. The molecule has 4 rings (SSSR count). The van der Waals surface area contributed by atoms with E-state index in [1.165, 1.54) is 16.7 Å². The SMILES string of the molecule is Cc1ccc(-c2nnc(CSc3nccn3-c3cc(C)cc(C)c3)o2)cc1. The van der Waals surface area contributed by atoms with Crippen LogP contribution in [0.1, 0.15) is 22.6 Å². The van der Waals surface area contributed by atoms with E-state index in [2.05, 4.69) is 58.7 Å². The van der Waals surface area contributed by atoms with Crippen molar-refractivity contribution in [2.24, 2.45) is 0 Å². The van der Waals surface area contributed by atoms with E-state index in [0.29, 0.717) is 17.5 Å². The molecule has 136 valence electrons. The number of benzene rings is 2. The second kappa shape index (κ2) is 7.40. The molecule has 0 fully saturated rings. The summed E-state index contributed by atoms with van der Waals surface area (Å²) in [5.74, 6) is 1.70. The lowest BCUT2D eigenvalue weighted by molar-refractivity contribution is 0.528. The smallest absolute Gasteiger partial charge is 0.247 e. The minimum Gasteiger partial charge on any atom is -0.420 e. The average molecular weight is 376 g/mol. The molecule has 0 N–H and O–H groups in total. The fourth-order valence-corrected chi connectivity index (χ4v) is 3.74. The maximum atomic E-state index is 5.81. The monoisotopic (exact) mass is 376 g/mol. The average Bonchev–Trinajstić information content (AvgIpc) is 3.29. The third-order valence-electron chi connectivity index (χ3n) is 4.18. The highest BCUT2D eigenvalue weighted by Gasteiger charge is 2.12. The van der Waals surface area contributed by atoms with Crippen molar-refractivity contribution in [1.29, 1.82) is 0 Å². The summed E-state index contributed by atoms with van der Waals surface area (Å²) in [5, 5.41) is 9.23. The zero-order chi connectivity index (χ0) is 18.8. The van der Waals surface area contributed by atoms with E-state index in [-0.39, 0.29) is 0 Å². The molecule has 0 amide bonds. The highest BCUT2D eigenvalue weighted by molar-refractivity contribution is 7.98. The molecule has 27 heavy (non-hydrogen) atoms. The number of rotatable bonds is 5. The summed E-state index contributed by atoms with van der Waals surface area (Å²) in [6.07, 6.45) is 3.79. The number of aryl methyl sites for hydroxylation is 3. The second-order valence-electron chi connectivity index (χ2n) is 6.58. The molecule has 2 heterocycles. The highest BCUT2D eigenvalue weighted by Crippen LogP contribution is 2.26. The van der Waals surface area contributed by atoms with E-state index < -0.39 is 0 Å². The van der Waals surface area contributed by atoms with Crippen LogP contribution >= 0.6 is 11.8 Å². The lowest BCUT2D eigenvalue weighted by atomic mass is 10.1. The molecule has 0 unspecified atom stereocenters. The van der Waals surface area contributed by atoms with Crippen LogP contribution in [0.3, 0.4) is 0 Å². The van der Waals surface area contributed by atoms with E-state index in [1.54, 1.807) is 11.8 Å². The van der Waals surface area contributed by atoms with Crippen LogP contribution in [-0.2, 0) is 5.75 Å². The van der Waals surface area contributed by atoms with Gasteiger partial charge < -0.3 is 4.42 Å². The summed E-state index contributed by atoms with van der Waals surface area (Å²) in [4.78, 5) is 4.48. The number of nitrogens with zero attached hydrogens (tertiary/aromatic N) is 4. The predicted molar refractivity (Wildman–Crippen MR) is 107 cm³/mol. The fourth-order valence-electron chi connectivity index (χ4n) is 2.93. The third-order valence-corrected chi connectivity index (χ3v) is 5.13. The van der Waals surface area contributed by atoms with Crippen LogP contribution in [0.15, 0.2) is 64.4 Å². The maximum absolute atomic E-state index is 5.81. The Bertz CT molecular complexity index is 1050. The van der Waals surface area contributed by atoms with Crippen molar-refractivity contribution in [2.75, 3.05) is 0 Å². The van der Waals surface area contributed by atoms with Gasteiger partial charge in [0.1, 0.15) is 0 Å². The minimum atomic E-state index is 0.545. The summed E-state index contributed by atoms with van der Waals surface area (Å²) in [5.41, 5.74) is 5.70. The van der Waals surface area contributed by atoms with Gasteiger partial charge in [-0.05, 0) is 56.2 Å². The van der Waals surface area contributed by atoms with Crippen LogP contribution in [0.4, 0.5) is 0 Å². The van der Waals surface area contributed by atoms with Crippen molar-refractivity contribution in [3.8, 4) is 17.1 Å². The first-order valence-electron chi connectivity index (χ1n) is 8.73. The number of thioether (sulfide) groups is 1. The normalized spacial score (nSPS) is 11.1. The molecule has 0 saturated heterocycles. The molecule has 5 nitrogen and oxygen atoms in total. The van der Waals surface area contributed by atoms with Crippen molar-refractivity contribution in [1.82, 2.24) is 19.7 Å². The van der Waals surface area contributed by atoms with Gasteiger partial charge in [0.2, 0.25) is 11.8 Å². The topological polar surface area (TPSA) is 56.7 Å². The van der Waals surface area contributed by atoms with E-state index in [0.717, 1.165) is 16.4 Å². The van der Waals surface area contributed by atoms with Crippen LogP contribution in [0.2, 0.25) is 0 Å². The zero-order valence-corrected chi connectivity index (χ0v) is 16.3. The van der Waals surface area contributed by atoms with Gasteiger partial charge >= 0.3 is 0 Å².